The number of ether oxygens (including phenoxy) is 2. The third-order valence-corrected chi connectivity index (χ3v) is 8.22. The molecule has 6 heteroatoms. The van der Waals surface area contributed by atoms with Crippen LogP contribution in [0.1, 0.15) is 154 Å². The summed E-state index contributed by atoms with van der Waals surface area (Å²) in [7, 11) is 0. The van der Waals surface area contributed by atoms with E-state index in [1.54, 1.807) is 0 Å². The average molecular weight is 606 g/mol. The van der Waals surface area contributed by atoms with Gasteiger partial charge in [0.15, 0.2) is 6.29 Å². The van der Waals surface area contributed by atoms with Crippen LogP contribution in [-0.2, 0) is 16.0 Å². The van der Waals surface area contributed by atoms with E-state index in [4.69, 9.17) is 9.47 Å². The number of aliphatic hydroxyl groups excluding tert-OH is 2. The van der Waals surface area contributed by atoms with E-state index >= 15 is 0 Å². The molecule has 250 valence electrons. The van der Waals surface area contributed by atoms with Gasteiger partial charge in [0, 0.05) is 19.4 Å². The lowest BCUT2D eigenvalue weighted by Gasteiger charge is -2.21. The molecule has 2 N–H and O–H groups in total. The molecule has 0 aliphatic carbocycles. The second-order valence-electron chi connectivity index (χ2n) is 12.3. The molecule has 1 atom stereocenters. The molecule has 0 aliphatic heterocycles. The average Bonchev–Trinajstić information content (AvgIpc) is 3.00. The van der Waals surface area contributed by atoms with Crippen molar-refractivity contribution >= 4 is 5.97 Å². The molecule has 1 aromatic carbocycles. The van der Waals surface area contributed by atoms with Crippen LogP contribution in [0.4, 0.5) is 0 Å². The minimum absolute atomic E-state index is 0.0363. The van der Waals surface area contributed by atoms with Crippen molar-refractivity contribution < 1.29 is 24.5 Å². The van der Waals surface area contributed by atoms with Gasteiger partial charge in [0.25, 0.3) is 0 Å². The molecule has 0 heterocycles. The molecule has 1 aromatic rings. The number of rotatable bonds is 31. The highest BCUT2D eigenvalue weighted by atomic mass is 16.6. The van der Waals surface area contributed by atoms with Crippen LogP contribution in [0.2, 0.25) is 0 Å². The van der Waals surface area contributed by atoms with Gasteiger partial charge in [-0.2, -0.15) is 0 Å². The molecule has 0 saturated heterocycles. The van der Waals surface area contributed by atoms with Crippen LogP contribution in [0.25, 0.3) is 0 Å². The Balaban J connectivity index is 1.98. The second-order valence-corrected chi connectivity index (χ2v) is 12.3. The van der Waals surface area contributed by atoms with E-state index in [9.17, 15) is 15.0 Å². The van der Waals surface area contributed by atoms with Gasteiger partial charge in [-0.05, 0) is 75.7 Å². The van der Waals surface area contributed by atoms with E-state index in [1.807, 2.05) is 12.1 Å². The van der Waals surface area contributed by atoms with Crippen LogP contribution in [0.5, 0.6) is 5.75 Å². The molecule has 0 radical (unpaired) electrons. The zero-order valence-electron chi connectivity index (χ0n) is 28.0. The zero-order valence-corrected chi connectivity index (χ0v) is 28.0. The fraction of sp³-hybridized carbons (Fsp3) is 0.811. The highest BCUT2D eigenvalue weighted by Crippen LogP contribution is 2.17. The minimum Gasteiger partial charge on any atom is -0.466 e. The van der Waals surface area contributed by atoms with Gasteiger partial charge in [-0.1, -0.05) is 109 Å². The van der Waals surface area contributed by atoms with E-state index in [2.05, 4.69) is 30.9 Å². The number of aryl methyl sites for hydroxylation is 1. The number of benzene rings is 1. The Kier molecular flexibility index (Phi) is 26.7. The van der Waals surface area contributed by atoms with Crippen LogP contribution < -0.4 is 4.74 Å². The van der Waals surface area contributed by atoms with Crippen molar-refractivity contribution in [2.45, 2.75) is 161 Å². The molecule has 43 heavy (non-hydrogen) atoms. The van der Waals surface area contributed by atoms with Crippen molar-refractivity contribution in [3.8, 4) is 5.75 Å². The Bertz CT molecular complexity index is 741. The van der Waals surface area contributed by atoms with Crippen molar-refractivity contribution in [3.63, 3.8) is 0 Å². The smallest absolute Gasteiger partial charge is 0.305 e. The highest BCUT2D eigenvalue weighted by Gasteiger charge is 2.08. The third-order valence-electron chi connectivity index (χ3n) is 8.22. The van der Waals surface area contributed by atoms with Gasteiger partial charge in [0.2, 0.25) is 0 Å². The maximum Gasteiger partial charge on any atom is 0.305 e. The molecule has 0 amide bonds. The number of carbonyl (C=O) groups is 1. The van der Waals surface area contributed by atoms with Crippen molar-refractivity contribution in [1.82, 2.24) is 4.90 Å². The first kappa shape index (κ1) is 39.4. The molecule has 6 nitrogen and oxygen atoms in total. The largest absolute Gasteiger partial charge is 0.466 e. The van der Waals surface area contributed by atoms with Crippen molar-refractivity contribution in [2.24, 2.45) is 0 Å². The molecule has 0 fully saturated rings. The predicted molar refractivity (Wildman–Crippen MR) is 180 cm³/mol. The van der Waals surface area contributed by atoms with Gasteiger partial charge in [-0.15, -0.1) is 0 Å². The summed E-state index contributed by atoms with van der Waals surface area (Å²) in [6.07, 6.45) is 23.6. The normalized spacial score (nSPS) is 12.1. The Morgan fingerprint density at radius 1 is 0.698 bits per heavy atom. The monoisotopic (exact) mass is 606 g/mol. The van der Waals surface area contributed by atoms with Crippen molar-refractivity contribution in [3.05, 3.63) is 29.8 Å². The number of unbranched alkanes of at least 4 members (excludes halogenated alkanes) is 15. The van der Waals surface area contributed by atoms with E-state index in [0.29, 0.717) is 19.4 Å². The molecule has 0 aliphatic rings. The summed E-state index contributed by atoms with van der Waals surface area (Å²) in [4.78, 5) is 14.3. The molecule has 1 unspecified atom stereocenters. The van der Waals surface area contributed by atoms with Gasteiger partial charge in [0.05, 0.1) is 13.2 Å². The topological polar surface area (TPSA) is 79.2 Å². The maximum absolute atomic E-state index is 11.9. The Morgan fingerprint density at radius 3 is 1.91 bits per heavy atom. The van der Waals surface area contributed by atoms with Crippen LogP contribution >= 0.6 is 0 Å². The van der Waals surface area contributed by atoms with Gasteiger partial charge < -0.3 is 24.6 Å². The SMILES string of the molecule is CCCCCCCCOC(=O)CCCCCCCN(CCO)CCCCCCCC(O)Oc1ccc(CCCCC)cc1. The number of hydrogen-bond acceptors (Lipinski definition) is 6. The predicted octanol–water partition coefficient (Wildman–Crippen LogP) is 9.00. The molecule has 0 saturated carbocycles. The van der Waals surface area contributed by atoms with E-state index < -0.39 is 6.29 Å². The summed E-state index contributed by atoms with van der Waals surface area (Å²) in [5.74, 6) is 0.709. The van der Waals surface area contributed by atoms with Gasteiger partial charge in [-0.25, -0.2) is 0 Å². The van der Waals surface area contributed by atoms with E-state index in [-0.39, 0.29) is 12.6 Å². The first-order chi connectivity index (χ1) is 21.1. The Labute approximate surface area is 264 Å². The van der Waals surface area contributed by atoms with Gasteiger partial charge in [-0.3, -0.25) is 4.79 Å². The van der Waals surface area contributed by atoms with Gasteiger partial charge in [0.1, 0.15) is 5.75 Å². The zero-order chi connectivity index (χ0) is 31.2. The van der Waals surface area contributed by atoms with E-state index in [0.717, 1.165) is 96.0 Å². The fourth-order valence-corrected chi connectivity index (χ4v) is 5.47. The first-order valence-corrected chi connectivity index (χ1v) is 18.0. The lowest BCUT2D eigenvalue weighted by Crippen LogP contribution is -2.29. The molecule has 1 rings (SSSR count). The quantitative estimate of drug-likeness (QED) is 0.0499. The molecule has 0 spiro atoms. The number of carbonyl (C=O) groups excluding carboxylic acids is 1. The summed E-state index contributed by atoms with van der Waals surface area (Å²) in [5, 5.41) is 19.7. The van der Waals surface area contributed by atoms with Crippen LogP contribution in [-0.4, -0.2) is 60.2 Å². The number of aliphatic hydroxyl groups is 2. The molecule has 0 bridgehead atoms. The molecule has 0 aromatic heterocycles. The summed E-state index contributed by atoms with van der Waals surface area (Å²) < 4.78 is 11.1. The van der Waals surface area contributed by atoms with Crippen molar-refractivity contribution in [2.75, 3.05) is 32.8 Å². The van der Waals surface area contributed by atoms with Crippen LogP contribution in [0.3, 0.4) is 0 Å². The fourth-order valence-electron chi connectivity index (χ4n) is 5.47. The van der Waals surface area contributed by atoms with E-state index in [1.165, 1.54) is 63.4 Å². The maximum atomic E-state index is 11.9. The summed E-state index contributed by atoms with van der Waals surface area (Å²) in [6, 6.07) is 8.16. The van der Waals surface area contributed by atoms with Gasteiger partial charge >= 0.3 is 5.97 Å². The third kappa shape index (κ3) is 24.4. The minimum atomic E-state index is -0.741. The second kappa shape index (κ2) is 29.1. The first-order valence-electron chi connectivity index (χ1n) is 18.0. The standard InChI is InChI=1S/C37H67NO5/c1-3-5-7-8-15-21-33-42-36(40)23-17-11-9-13-19-29-38(31-32-39)30-20-14-10-12-18-24-37(41)43-35-27-25-34(26-28-35)22-16-6-4-2/h25-28,37,39,41H,3-24,29-33H2,1-2H3. The van der Waals surface area contributed by atoms with Crippen LogP contribution in [0, 0.1) is 0 Å². The lowest BCUT2D eigenvalue weighted by molar-refractivity contribution is -0.143. The summed E-state index contributed by atoms with van der Waals surface area (Å²) in [6.45, 7) is 8.04. The Morgan fingerprint density at radius 2 is 1.26 bits per heavy atom. The summed E-state index contributed by atoms with van der Waals surface area (Å²) in [5.41, 5.74) is 1.33. The van der Waals surface area contributed by atoms with Crippen LogP contribution in [0.15, 0.2) is 24.3 Å². The highest BCUT2D eigenvalue weighted by molar-refractivity contribution is 5.69. The summed E-state index contributed by atoms with van der Waals surface area (Å²) >= 11 is 0. The molecular formula is C37H67NO5. The van der Waals surface area contributed by atoms with Crippen molar-refractivity contribution in [1.29, 1.82) is 0 Å². The number of nitrogens with zero attached hydrogens (tertiary/aromatic N) is 1. The molecular weight excluding hydrogens is 538 g/mol. The number of esters is 1. The number of hydrogen-bond donors (Lipinski definition) is 2. The Hall–Kier alpha value is -1.63. The lowest BCUT2D eigenvalue weighted by atomic mass is 10.1.